The Morgan fingerprint density at radius 2 is 1.92 bits per heavy atom. The summed E-state index contributed by atoms with van der Waals surface area (Å²) in [4.78, 5) is 0. The molecule has 0 saturated heterocycles. The first-order valence-corrected chi connectivity index (χ1v) is 9.13. The normalized spacial score (nSPS) is 18.7. The lowest BCUT2D eigenvalue weighted by Gasteiger charge is -2.38. The van der Waals surface area contributed by atoms with Crippen LogP contribution < -0.4 is 4.74 Å². The number of fused-ring (bicyclic) bond motifs is 1. The van der Waals surface area contributed by atoms with Gasteiger partial charge in [0.25, 0.3) is 0 Å². The third-order valence-electron chi connectivity index (χ3n) is 4.18. The quantitative estimate of drug-likeness (QED) is 0.813. The number of aliphatic hydroxyl groups is 1. The zero-order valence-corrected chi connectivity index (χ0v) is 14.5. The molecule has 0 radical (unpaired) electrons. The van der Waals surface area contributed by atoms with Crippen LogP contribution in [0.3, 0.4) is 0 Å². The van der Waals surface area contributed by atoms with Crippen LogP contribution in [0.4, 0.5) is 17.6 Å². The fourth-order valence-corrected chi connectivity index (χ4v) is 4.11. The molecule has 0 spiro atoms. The number of hydrogen-bond acceptors (Lipinski definition) is 3. The van der Waals surface area contributed by atoms with Gasteiger partial charge in [-0.1, -0.05) is 13.8 Å². The van der Waals surface area contributed by atoms with Gasteiger partial charge in [0.15, 0.2) is 5.60 Å². The molecule has 24 heavy (non-hydrogen) atoms. The minimum atomic E-state index is -4.95. The Morgan fingerprint density at radius 1 is 1.29 bits per heavy atom. The average molecular weight is 368 g/mol. The molecule has 0 amide bonds. The van der Waals surface area contributed by atoms with Gasteiger partial charge in [-0.05, 0) is 24.0 Å². The van der Waals surface area contributed by atoms with Gasteiger partial charge in [-0.2, -0.15) is 13.2 Å². The number of halogens is 4. The third-order valence-corrected chi connectivity index (χ3v) is 5.07. The number of hydrogen-bond donors (Lipinski definition) is 1. The molecule has 0 aromatic heterocycles. The molecule has 0 bridgehead atoms. The van der Waals surface area contributed by atoms with E-state index in [-0.39, 0.29) is 5.56 Å². The first kappa shape index (κ1) is 19.2. The van der Waals surface area contributed by atoms with Crippen molar-refractivity contribution in [2.75, 3.05) is 18.6 Å². The molecule has 0 aliphatic carbocycles. The van der Waals surface area contributed by atoms with Gasteiger partial charge in [-0.3, -0.25) is 4.21 Å². The van der Waals surface area contributed by atoms with Gasteiger partial charge in [0.2, 0.25) is 0 Å². The van der Waals surface area contributed by atoms with E-state index in [1.165, 1.54) is 19.9 Å². The molecule has 1 aliphatic rings. The zero-order chi connectivity index (χ0) is 18.3. The lowest BCUT2D eigenvalue weighted by atomic mass is 9.74. The van der Waals surface area contributed by atoms with Crippen molar-refractivity contribution in [1.82, 2.24) is 0 Å². The van der Waals surface area contributed by atoms with Crippen LogP contribution in [0.5, 0.6) is 5.75 Å². The average Bonchev–Trinajstić information content (AvgIpc) is 2.82. The van der Waals surface area contributed by atoms with E-state index in [4.69, 9.17) is 4.74 Å². The van der Waals surface area contributed by atoms with E-state index >= 15 is 0 Å². The van der Waals surface area contributed by atoms with Crippen molar-refractivity contribution >= 4 is 10.8 Å². The molecule has 0 fully saturated rings. The van der Waals surface area contributed by atoms with Gasteiger partial charge in [0.05, 0.1) is 12.4 Å². The molecular weight excluding hydrogens is 348 g/mol. The van der Waals surface area contributed by atoms with Gasteiger partial charge in [-0.15, -0.1) is 0 Å². The molecule has 136 valence electrons. The molecule has 1 aliphatic heterocycles. The summed E-state index contributed by atoms with van der Waals surface area (Å²) in [6, 6.07) is 2.45. The van der Waals surface area contributed by atoms with E-state index in [1.807, 2.05) is 0 Å². The number of benzene rings is 1. The van der Waals surface area contributed by atoms with Crippen LogP contribution in [0.2, 0.25) is 0 Å². The summed E-state index contributed by atoms with van der Waals surface area (Å²) < 4.78 is 70.8. The Bertz CT molecular complexity index is 657. The highest BCUT2D eigenvalue weighted by molar-refractivity contribution is 7.84. The van der Waals surface area contributed by atoms with Crippen molar-refractivity contribution < 1.29 is 31.6 Å². The van der Waals surface area contributed by atoms with Crippen LogP contribution >= 0.6 is 0 Å². The minimum absolute atomic E-state index is 0.277. The summed E-state index contributed by atoms with van der Waals surface area (Å²) in [6.45, 7) is 3.31. The lowest BCUT2D eigenvalue weighted by molar-refractivity contribution is -0.257. The maximum atomic E-state index is 13.8. The van der Waals surface area contributed by atoms with Crippen LogP contribution in [0.25, 0.3) is 0 Å². The van der Waals surface area contributed by atoms with Gasteiger partial charge >= 0.3 is 6.18 Å². The highest BCUT2D eigenvalue weighted by atomic mass is 32.2. The number of ether oxygens (including phenoxy) is 1. The smallest absolute Gasteiger partial charge is 0.418 e. The second kappa shape index (κ2) is 6.29. The Kier molecular flexibility index (Phi) is 5.03. The predicted octanol–water partition coefficient (Wildman–Crippen LogP) is 3.10. The number of rotatable bonds is 5. The monoisotopic (exact) mass is 368 g/mol. The Balaban J connectivity index is 2.45. The highest BCUT2D eigenvalue weighted by Gasteiger charge is 2.56. The summed E-state index contributed by atoms with van der Waals surface area (Å²) in [5, 5.41) is 10.2. The molecule has 1 N–H and O–H groups in total. The molecule has 1 aromatic rings. The summed E-state index contributed by atoms with van der Waals surface area (Å²) in [6.07, 6.45) is -4.11. The maximum absolute atomic E-state index is 13.8. The molecule has 0 unspecified atom stereocenters. The molecule has 0 saturated carbocycles. The second-order valence-electron chi connectivity index (χ2n) is 6.85. The fourth-order valence-electron chi connectivity index (χ4n) is 3.17. The van der Waals surface area contributed by atoms with Crippen LogP contribution in [0.15, 0.2) is 12.1 Å². The Morgan fingerprint density at radius 3 is 2.46 bits per heavy atom. The van der Waals surface area contributed by atoms with Crippen molar-refractivity contribution in [1.29, 1.82) is 0 Å². The molecule has 8 heteroatoms. The van der Waals surface area contributed by atoms with E-state index < -0.39 is 46.0 Å². The largest absolute Gasteiger partial charge is 0.493 e. The summed E-state index contributed by atoms with van der Waals surface area (Å²) in [5.74, 6) is -1.11. The topological polar surface area (TPSA) is 46.5 Å². The summed E-state index contributed by atoms with van der Waals surface area (Å²) in [7, 11) is -1.85. The third kappa shape index (κ3) is 3.74. The molecular formula is C16H20F4O3S. The van der Waals surface area contributed by atoms with Gasteiger partial charge in [0, 0.05) is 34.6 Å². The van der Waals surface area contributed by atoms with E-state index in [0.717, 1.165) is 12.3 Å². The van der Waals surface area contributed by atoms with E-state index in [1.54, 1.807) is 0 Å². The Labute approximate surface area is 140 Å². The van der Waals surface area contributed by atoms with Crippen molar-refractivity contribution in [2.24, 2.45) is 0 Å². The first-order chi connectivity index (χ1) is 10.9. The first-order valence-electron chi connectivity index (χ1n) is 7.40. The van der Waals surface area contributed by atoms with Gasteiger partial charge in [0.1, 0.15) is 11.6 Å². The number of alkyl halides is 3. The van der Waals surface area contributed by atoms with Crippen molar-refractivity contribution in [2.45, 2.75) is 43.9 Å². The minimum Gasteiger partial charge on any atom is -0.493 e. The standard InChI is InChI=1S/C16H20F4O3S/c1-14(2,8-15(21,9-24(3)22)16(18,19)20)12-7-11(17)6-10-4-5-23-13(10)12/h6-7,21H,4-5,8-9H2,1-3H3/t15-,24-/m1/s1. The fraction of sp³-hybridized carbons (Fsp3) is 0.625. The van der Waals surface area contributed by atoms with Crippen LogP contribution in [-0.4, -0.2) is 39.7 Å². The summed E-state index contributed by atoms with van der Waals surface area (Å²) >= 11 is 0. The van der Waals surface area contributed by atoms with E-state index in [2.05, 4.69) is 0 Å². The Hall–Kier alpha value is -1.15. The zero-order valence-electron chi connectivity index (χ0n) is 13.7. The second-order valence-corrected chi connectivity index (χ2v) is 8.28. The maximum Gasteiger partial charge on any atom is 0.418 e. The summed E-state index contributed by atoms with van der Waals surface area (Å²) in [5.41, 5.74) is -3.49. The van der Waals surface area contributed by atoms with Crippen LogP contribution in [0, 0.1) is 5.82 Å². The van der Waals surface area contributed by atoms with E-state index in [0.29, 0.717) is 24.3 Å². The highest BCUT2D eigenvalue weighted by Crippen LogP contribution is 2.45. The SMILES string of the molecule is C[S@@](=O)C[C@](O)(CC(C)(C)c1cc(F)cc2c1OCC2)C(F)(F)F. The molecule has 2 rings (SSSR count). The predicted molar refractivity (Wildman–Crippen MR) is 83.2 cm³/mol. The van der Waals surface area contributed by atoms with Crippen LogP contribution in [-0.2, 0) is 22.6 Å². The van der Waals surface area contributed by atoms with E-state index in [9.17, 15) is 26.9 Å². The van der Waals surface area contributed by atoms with Crippen LogP contribution in [0.1, 0.15) is 31.4 Å². The molecule has 1 aromatic carbocycles. The van der Waals surface area contributed by atoms with Crippen molar-refractivity contribution in [3.63, 3.8) is 0 Å². The molecule has 2 atom stereocenters. The van der Waals surface area contributed by atoms with Gasteiger partial charge in [-0.25, -0.2) is 4.39 Å². The molecule has 3 nitrogen and oxygen atoms in total. The van der Waals surface area contributed by atoms with Crippen molar-refractivity contribution in [3.8, 4) is 5.75 Å². The van der Waals surface area contributed by atoms with Crippen molar-refractivity contribution in [3.05, 3.63) is 29.1 Å². The molecule has 1 heterocycles. The van der Waals surface area contributed by atoms with Gasteiger partial charge < -0.3 is 9.84 Å². The lowest BCUT2D eigenvalue weighted by Crippen LogP contribution is -2.52.